The van der Waals surface area contributed by atoms with E-state index in [2.05, 4.69) is 55.1 Å². The summed E-state index contributed by atoms with van der Waals surface area (Å²) in [6, 6.07) is 4.69. The topological polar surface area (TPSA) is 3.88 Å². The molecule has 1 aromatic heterocycles. The van der Waals surface area contributed by atoms with E-state index in [1.54, 1.807) is 0 Å². The van der Waals surface area contributed by atoms with Crippen LogP contribution in [0.5, 0.6) is 0 Å². The third kappa shape index (κ3) is 20.0. The normalized spacial score (nSPS) is 11.6. The molecule has 0 N–H and O–H groups in total. The summed E-state index contributed by atoms with van der Waals surface area (Å²) in [6.45, 7) is 5.76. The number of hydrogen-bond acceptors (Lipinski definition) is 0. The van der Waals surface area contributed by atoms with Gasteiger partial charge in [0.05, 0.1) is 0 Å². The number of aromatic nitrogens is 1. The van der Waals surface area contributed by atoms with Gasteiger partial charge in [-0.25, -0.2) is 4.57 Å². The van der Waals surface area contributed by atoms with Crippen LogP contribution in [0.3, 0.4) is 0 Å². The first kappa shape index (κ1) is 29.9. The predicted molar refractivity (Wildman–Crippen MR) is 148 cm³/mol. The van der Waals surface area contributed by atoms with E-state index in [-0.39, 0.29) is 0 Å². The van der Waals surface area contributed by atoms with Gasteiger partial charge < -0.3 is 0 Å². The van der Waals surface area contributed by atoms with Crippen LogP contribution in [0.1, 0.15) is 154 Å². The Morgan fingerprint density at radius 3 is 1.45 bits per heavy atom. The van der Waals surface area contributed by atoms with Crippen molar-refractivity contribution >= 4 is 0 Å². The lowest BCUT2D eigenvalue weighted by Crippen LogP contribution is -2.32. The van der Waals surface area contributed by atoms with E-state index in [1.807, 2.05) is 0 Å². The monoisotopic (exact) mass is 456 g/mol. The Kier molecular flexibility index (Phi) is 21.8. The lowest BCUT2D eigenvalue weighted by molar-refractivity contribution is -0.697. The third-order valence-corrected chi connectivity index (χ3v) is 6.96. The van der Waals surface area contributed by atoms with Gasteiger partial charge in [0.2, 0.25) is 0 Å². The highest BCUT2D eigenvalue weighted by atomic mass is 14.9. The molecule has 0 fully saturated rings. The van der Waals surface area contributed by atoms with Crippen LogP contribution in [0.2, 0.25) is 0 Å². The van der Waals surface area contributed by atoms with Crippen molar-refractivity contribution in [3.63, 3.8) is 0 Å². The molecule has 0 atom stereocenters. The minimum absolute atomic E-state index is 1.18. The Hall–Kier alpha value is -1.11. The number of aryl methyl sites for hydroxylation is 2. The van der Waals surface area contributed by atoms with Crippen molar-refractivity contribution in [3.8, 4) is 0 Å². The molecule has 0 saturated carbocycles. The summed E-state index contributed by atoms with van der Waals surface area (Å²) in [5, 5.41) is 0. The molecule has 0 spiro atoms. The standard InChI is InChI=1S/C32H58N/c1-3-5-7-9-11-12-13-14-15-16-17-18-19-21-23-25-29-33-30-27-32(28-31-33)26-24-22-20-10-8-6-4-2/h14-15,27-28,30-31H,3-13,16-26,29H2,1-2H3/q+1/b15-14-. The van der Waals surface area contributed by atoms with E-state index < -0.39 is 0 Å². The number of unbranched alkanes of at least 4 members (excludes halogenated alkanes) is 18. The Labute approximate surface area is 208 Å². The maximum Gasteiger partial charge on any atom is 0.169 e. The third-order valence-electron chi connectivity index (χ3n) is 6.96. The van der Waals surface area contributed by atoms with Crippen molar-refractivity contribution in [3.05, 3.63) is 42.2 Å². The maximum atomic E-state index is 2.43. The summed E-state index contributed by atoms with van der Waals surface area (Å²) in [5.74, 6) is 0. The molecule has 190 valence electrons. The molecule has 0 aliphatic rings. The Balaban J connectivity index is 1.88. The van der Waals surface area contributed by atoms with E-state index in [9.17, 15) is 0 Å². The molecule has 1 rings (SSSR count). The highest BCUT2D eigenvalue weighted by Gasteiger charge is 2.02. The first-order valence-electron chi connectivity index (χ1n) is 15.0. The van der Waals surface area contributed by atoms with Crippen LogP contribution in [0, 0.1) is 0 Å². The lowest BCUT2D eigenvalue weighted by Gasteiger charge is -2.03. The Morgan fingerprint density at radius 1 is 0.515 bits per heavy atom. The van der Waals surface area contributed by atoms with Gasteiger partial charge in [0, 0.05) is 18.6 Å². The van der Waals surface area contributed by atoms with Crippen LogP contribution in [-0.2, 0) is 13.0 Å². The molecule has 0 unspecified atom stereocenters. The van der Waals surface area contributed by atoms with E-state index in [0.29, 0.717) is 0 Å². The van der Waals surface area contributed by atoms with Crippen molar-refractivity contribution < 1.29 is 4.57 Å². The van der Waals surface area contributed by atoms with Crippen LogP contribution < -0.4 is 4.57 Å². The highest BCUT2D eigenvalue weighted by Crippen LogP contribution is 2.11. The minimum Gasteiger partial charge on any atom is -0.205 e. The molecule has 0 radical (unpaired) electrons. The molecule has 0 aliphatic carbocycles. The van der Waals surface area contributed by atoms with Crippen LogP contribution in [0.4, 0.5) is 0 Å². The molecule has 0 aliphatic heterocycles. The second-order valence-corrected chi connectivity index (χ2v) is 10.3. The van der Waals surface area contributed by atoms with Gasteiger partial charge in [0.15, 0.2) is 12.4 Å². The minimum atomic E-state index is 1.18. The molecule has 0 amide bonds. The van der Waals surface area contributed by atoms with Gasteiger partial charge in [-0.05, 0) is 50.5 Å². The fraction of sp³-hybridized carbons (Fsp3) is 0.781. The average molecular weight is 457 g/mol. The van der Waals surface area contributed by atoms with E-state index in [4.69, 9.17) is 0 Å². The lowest BCUT2D eigenvalue weighted by atomic mass is 10.1. The van der Waals surface area contributed by atoms with Crippen molar-refractivity contribution in [2.75, 3.05) is 0 Å². The molecule has 33 heavy (non-hydrogen) atoms. The molecule has 1 aromatic rings. The Morgan fingerprint density at radius 2 is 0.939 bits per heavy atom. The van der Waals surface area contributed by atoms with E-state index in [0.717, 1.165) is 0 Å². The van der Waals surface area contributed by atoms with Crippen LogP contribution in [0.15, 0.2) is 36.7 Å². The van der Waals surface area contributed by atoms with Crippen molar-refractivity contribution in [1.29, 1.82) is 0 Å². The summed E-state index contributed by atoms with van der Waals surface area (Å²) in [6.07, 6.45) is 39.8. The van der Waals surface area contributed by atoms with Gasteiger partial charge >= 0.3 is 0 Å². The molecular weight excluding hydrogens is 398 g/mol. The summed E-state index contributed by atoms with van der Waals surface area (Å²) in [7, 11) is 0. The number of allylic oxidation sites excluding steroid dienone is 2. The van der Waals surface area contributed by atoms with Crippen molar-refractivity contribution in [1.82, 2.24) is 0 Å². The fourth-order valence-corrected chi connectivity index (χ4v) is 4.63. The number of nitrogens with zero attached hydrogens (tertiary/aromatic N) is 1. The number of hydrogen-bond donors (Lipinski definition) is 0. The zero-order valence-electron chi connectivity index (χ0n) is 22.7. The van der Waals surface area contributed by atoms with E-state index >= 15 is 0 Å². The second kappa shape index (κ2) is 24.0. The van der Waals surface area contributed by atoms with Gasteiger partial charge in [-0.1, -0.05) is 116 Å². The molecule has 0 aromatic carbocycles. The molecule has 1 heteroatoms. The molecule has 0 saturated heterocycles. The summed E-state index contributed by atoms with van der Waals surface area (Å²) < 4.78 is 2.38. The van der Waals surface area contributed by atoms with Gasteiger partial charge in [-0.15, -0.1) is 0 Å². The molecule has 1 heterocycles. The average Bonchev–Trinajstić information content (AvgIpc) is 2.84. The van der Waals surface area contributed by atoms with Crippen LogP contribution in [-0.4, -0.2) is 0 Å². The zero-order valence-corrected chi connectivity index (χ0v) is 22.7. The van der Waals surface area contributed by atoms with Crippen LogP contribution in [0.25, 0.3) is 0 Å². The molecular formula is C32H58N+. The van der Waals surface area contributed by atoms with Gasteiger partial charge in [0.25, 0.3) is 0 Å². The second-order valence-electron chi connectivity index (χ2n) is 10.3. The quantitative estimate of drug-likeness (QED) is 0.0827. The fourth-order valence-electron chi connectivity index (χ4n) is 4.63. The van der Waals surface area contributed by atoms with Crippen LogP contribution >= 0.6 is 0 Å². The van der Waals surface area contributed by atoms with Gasteiger partial charge in [-0.2, -0.15) is 0 Å². The first-order valence-corrected chi connectivity index (χ1v) is 15.0. The predicted octanol–water partition coefficient (Wildman–Crippen LogP) is 10.3. The highest BCUT2D eigenvalue weighted by molar-refractivity contribution is 5.07. The maximum absolute atomic E-state index is 2.43. The first-order chi connectivity index (χ1) is 16.4. The van der Waals surface area contributed by atoms with Crippen molar-refractivity contribution in [2.45, 2.75) is 162 Å². The molecule has 1 nitrogen and oxygen atoms in total. The molecule has 0 bridgehead atoms. The summed E-state index contributed by atoms with van der Waals surface area (Å²) in [5.41, 5.74) is 1.51. The smallest absolute Gasteiger partial charge is 0.169 e. The van der Waals surface area contributed by atoms with Gasteiger partial charge in [0.1, 0.15) is 6.54 Å². The summed E-state index contributed by atoms with van der Waals surface area (Å²) in [4.78, 5) is 0. The van der Waals surface area contributed by atoms with Gasteiger partial charge in [-0.3, -0.25) is 0 Å². The SMILES string of the molecule is CCCCCCCC/C=C\CCCCCCCC[n+]1ccc(CCCCCCCCC)cc1. The van der Waals surface area contributed by atoms with Crippen molar-refractivity contribution in [2.24, 2.45) is 0 Å². The Bertz CT molecular complexity index is 530. The number of rotatable bonds is 24. The zero-order chi connectivity index (χ0) is 23.7. The largest absolute Gasteiger partial charge is 0.205 e. The number of pyridine rings is 1. The summed E-state index contributed by atoms with van der Waals surface area (Å²) >= 11 is 0. The van der Waals surface area contributed by atoms with E-state index in [1.165, 1.54) is 153 Å².